The van der Waals surface area contributed by atoms with Gasteiger partial charge in [-0.05, 0) is 13.8 Å². The third kappa shape index (κ3) is 10.3. The molecule has 0 amide bonds. The molecule has 1 N–H and O–H groups in total. The van der Waals surface area contributed by atoms with E-state index in [9.17, 15) is 9.59 Å². The minimum atomic E-state index is -0.390. The first kappa shape index (κ1) is 18.3. The minimum Gasteiger partial charge on any atom is -0.463 e. The lowest BCUT2D eigenvalue weighted by molar-refractivity contribution is -0.138. The Morgan fingerprint density at radius 3 is 1.80 bits per heavy atom. The van der Waals surface area contributed by atoms with Gasteiger partial charge in [0.2, 0.25) is 0 Å². The summed E-state index contributed by atoms with van der Waals surface area (Å²) in [6, 6.07) is 0. The summed E-state index contributed by atoms with van der Waals surface area (Å²) in [5.41, 5.74) is 0. The van der Waals surface area contributed by atoms with Gasteiger partial charge in [0.25, 0.3) is 0 Å². The number of rotatable bonds is 10. The molecule has 0 saturated carbocycles. The lowest BCUT2D eigenvalue weighted by Gasteiger charge is -2.16. The first-order valence-corrected chi connectivity index (χ1v) is 6.63. The second kappa shape index (κ2) is 12.4. The van der Waals surface area contributed by atoms with Crippen LogP contribution >= 0.6 is 0 Å². The number of nitrogens with zero attached hydrogens (tertiary/aromatic N) is 1. The maximum absolute atomic E-state index is 11.1. The molecule has 0 radical (unpaired) electrons. The molecule has 0 atom stereocenters. The summed E-state index contributed by atoms with van der Waals surface area (Å²) >= 11 is 0. The molecule has 0 aliphatic heterocycles. The van der Waals surface area contributed by atoms with Gasteiger partial charge in [-0.3, -0.25) is 4.90 Å². The molecule has 0 aromatic carbocycles. The zero-order chi connectivity index (χ0) is 15.2. The Kier molecular flexibility index (Phi) is 11.4. The molecule has 0 unspecified atom stereocenters. The molecule has 6 heteroatoms. The number of aliphatic hydroxyl groups excluding tert-OH is 1. The van der Waals surface area contributed by atoms with Crippen molar-refractivity contribution >= 4 is 11.9 Å². The van der Waals surface area contributed by atoms with Gasteiger partial charge in [0.15, 0.2) is 0 Å². The summed E-state index contributed by atoms with van der Waals surface area (Å²) < 4.78 is 9.51. The Bertz CT molecular complexity index is 308. The van der Waals surface area contributed by atoms with Gasteiger partial charge < -0.3 is 14.6 Å². The fourth-order valence-electron chi connectivity index (χ4n) is 1.38. The fourth-order valence-corrected chi connectivity index (χ4v) is 1.38. The molecule has 0 fully saturated rings. The number of ether oxygens (including phenoxy) is 2. The summed E-state index contributed by atoms with van der Waals surface area (Å²) in [7, 11) is 0. The van der Waals surface area contributed by atoms with Crippen LogP contribution in [-0.4, -0.2) is 61.4 Å². The van der Waals surface area contributed by atoms with Crippen molar-refractivity contribution in [3.8, 4) is 0 Å². The van der Waals surface area contributed by atoms with Crippen LogP contribution in [0.5, 0.6) is 0 Å². The van der Waals surface area contributed by atoms with E-state index in [2.05, 4.69) is 0 Å². The molecule has 0 aliphatic carbocycles. The third-order valence-corrected chi connectivity index (χ3v) is 2.22. The van der Waals surface area contributed by atoms with Crippen LogP contribution in [0.25, 0.3) is 0 Å². The molecule has 20 heavy (non-hydrogen) atoms. The highest BCUT2D eigenvalue weighted by molar-refractivity contribution is 5.82. The minimum absolute atomic E-state index is 0.000489. The predicted molar refractivity (Wildman–Crippen MR) is 75.1 cm³/mol. The van der Waals surface area contributed by atoms with Gasteiger partial charge in [-0.25, -0.2) is 9.59 Å². The maximum atomic E-state index is 11.1. The molecule has 0 aromatic rings. The molecule has 0 bridgehead atoms. The molecule has 0 aromatic heterocycles. The smallest absolute Gasteiger partial charge is 0.330 e. The molecule has 0 spiro atoms. The number of hydrogen-bond donors (Lipinski definition) is 1. The van der Waals surface area contributed by atoms with Crippen molar-refractivity contribution in [1.82, 2.24) is 4.90 Å². The van der Waals surface area contributed by atoms with E-state index in [-0.39, 0.29) is 6.61 Å². The van der Waals surface area contributed by atoms with Crippen LogP contribution in [0, 0.1) is 0 Å². The summed E-state index contributed by atoms with van der Waals surface area (Å²) in [6.07, 6.45) is 6.02. The van der Waals surface area contributed by atoms with Crippen LogP contribution in [0.2, 0.25) is 0 Å². The molecule has 0 aliphatic rings. The molecule has 0 heterocycles. The van der Waals surface area contributed by atoms with Gasteiger partial charge in [0.1, 0.15) is 0 Å². The van der Waals surface area contributed by atoms with E-state index in [4.69, 9.17) is 14.6 Å². The van der Waals surface area contributed by atoms with Gasteiger partial charge in [-0.1, -0.05) is 12.2 Å². The van der Waals surface area contributed by atoms with E-state index < -0.39 is 11.9 Å². The van der Waals surface area contributed by atoms with Crippen LogP contribution in [0.15, 0.2) is 24.3 Å². The first-order valence-electron chi connectivity index (χ1n) is 6.63. The number of carbonyl (C=O) groups is 2. The van der Waals surface area contributed by atoms with Gasteiger partial charge in [-0.15, -0.1) is 0 Å². The van der Waals surface area contributed by atoms with Crippen molar-refractivity contribution in [2.75, 3.05) is 39.5 Å². The Balaban J connectivity index is 4.15. The highest BCUT2D eigenvalue weighted by Gasteiger charge is 2.01. The van der Waals surface area contributed by atoms with E-state index in [1.165, 1.54) is 12.2 Å². The quantitative estimate of drug-likeness (QED) is 0.466. The largest absolute Gasteiger partial charge is 0.463 e. The van der Waals surface area contributed by atoms with E-state index in [1.54, 1.807) is 26.0 Å². The Labute approximate surface area is 119 Å². The summed E-state index contributed by atoms with van der Waals surface area (Å²) in [5, 5.41) is 8.95. The van der Waals surface area contributed by atoms with Gasteiger partial charge in [0.05, 0.1) is 19.8 Å². The monoisotopic (exact) mass is 285 g/mol. The average molecular weight is 285 g/mol. The predicted octanol–water partition coefficient (Wildman–Crippen LogP) is 0.519. The summed E-state index contributed by atoms with van der Waals surface area (Å²) in [5.74, 6) is -0.781. The van der Waals surface area contributed by atoms with Crippen LogP contribution in [-0.2, 0) is 19.1 Å². The van der Waals surface area contributed by atoms with Crippen molar-refractivity contribution in [3.05, 3.63) is 24.3 Å². The summed E-state index contributed by atoms with van der Waals surface area (Å²) in [4.78, 5) is 24.1. The Morgan fingerprint density at radius 2 is 1.45 bits per heavy atom. The van der Waals surface area contributed by atoms with E-state index in [0.29, 0.717) is 32.8 Å². The molecule has 6 nitrogen and oxygen atoms in total. The second-order valence-electron chi connectivity index (χ2n) is 3.79. The lowest BCUT2D eigenvalue weighted by Crippen LogP contribution is -2.27. The number of carbonyl (C=O) groups excluding carboxylic acids is 2. The Hall–Kier alpha value is -1.66. The SMILES string of the molecule is CCOC(=O)/C=C/CN(C/C=C/C(=O)OCC)CCO. The standard InChI is InChI=1S/C14H23NO5/c1-3-19-13(17)7-5-9-15(11-12-16)10-6-8-14(18)20-4-2/h5-8,16H,3-4,9-12H2,1-2H3/b7-5+,8-6+. The lowest BCUT2D eigenvalue weighted by atomic mass is 10.4. The van der Waals surface area contributed by atoms with Crippen molar-refractivity contribution in [1.29, 1.82) is 0 Å². The van der Waals surface area contributed by atoms with Crippen LogP contribution in [0.4, 0.5) is 0 Å². The number of hydrogen-bond acceptors (Lipinski definition) is 6. The van der Waals surface area contributed by atoms with Crippen LogP contribution < -0.4 is 0 Å². The first-order chi connectivity index (χ1) is 9.63. The molecular formula is C14H23NO5. The fraction of sp³-hybridized carbons (Fsp3) is 0.571. The highest BCUT2D eigenvalue weighted by atomic mass is 16.5. The molecule has 0 saturated heterocycles. The highest BCUT2D eigenvalue weighted by Crippen LogP contribution is 1.92. The van der Waals surface area contributed by atoms with Crippen molar-refractivity contribution in [2.24, 2.45) is 0 Å². The second-order valence-corrected chi connectivity index (χ2v) is 3.79. The Morgan fingerprint density at radius 1 is 1.00 bits per heavy atom. The van der Waals surface area contributed by atoms with E-state index in [0.717, 1.165) is 0 Å². The number of aliphatic hydroxyl groups is 1. The van der Waals surface area contributed by atoms with Crippen molar-refractivity contribution in [3.63, 3.8) is 0 Å². The molecular weight excluding hydrogens is 262 g/mol. The van der Waals surface area contributed by atoms with Crippen molar-refractivity contribution < 1.29 is 24.2 Å². The number of esters is 2. The zero-order valence-electron chi connectivity index (χ0n) is 12.1. The van der Waals surface area contributed by atoms with Crippen molar-refractivity contribution in [2.45, 2.75) is 13.8 Å². The molecule has 0 rings (SSSR count). The van der Waals surface area contributed by atoms with Gasteiger partial charge in [-0.2, -0.15) is 0 Å². The third-order valence-electron chi connectivity index (χ3n) is 2.22. The zero-order valence-corrected chi connectivity index (χ0v) is 12.1. The van der Waals surface area contributed by atoms with Gasteiger partial charge in [0, 0.05) is 31.8 Å². The summed E-state index contributed by atoms with van der Waals surface area (Å²) in [6.45, 7) is 5.56. The van der Waals surface area contributed by atoms with Crippen LogP contribution in [0.3, 0.4) is 0 Å². The van der Waals surface area contributed by atoms with E-state index in [1.807, 2.05) is 4.90 Å². The maximum Gasteiger partial charge on any atom is 0.330 e. The van der Waals surface area contributed by atoms with E-state index >= 15 is 0 Å². The molecule has 114 valence electrons. The average Bonchev–Trinajstić information content (AvgIpc) is 2.39. The topological polar surface area (TPSA) is 76.1 Å². The van der Waals surface area contributed by atoms with Gasteiger partial charge >= 0.3 is 11.9 Å². The van der Waals surface area contributed by atoms with Crippen LogP contribution in [0.1, 0.15) is 13.8 Å². The normalized spacial score (nSPS) is 11.4.